The van der Waals surface area contributed by atoms with Crippen molar-refractivity contribution in [3.63, 3.8) is 0 Å². The predicted octanol–water partition coefficient (Wildman–Crippen LogP) is 2.72. The van der Waals surface area contributed by atoms with Gasteiger partial charge in [0, 0.05) is 6.04 Å². The highest BCUT2D eigenvalue weighted by atomic mass is 32.2. The summed E-state index contributed by atoms with van der Waals surface area (Å²) in [6, 6.07) is 3.00. The number of hydrogen-bond donors (Lipinski definition) is 1. The number of rotatable bonds is 4. The average molecular weight is 365 g/mol. The Balaban J connectivity index is 2.01. The Morgan fingerprint density at radius 2 is 1.67 bits per heavy atom. The van der Waals surface area contributed by atoms with Crippen LogP contribution in [-0.4, -0.2) is 27.5 Å². The summed E-state index contributed by atoms with van der Waals surface area (Å²) in [5, 5.41) is 0. The molecule has 0 unspecified atom stereocenters. The second-order valence-electron chi connectivity index (χ2n) is 5.72. The molecule has 1 aromatic carbocycles. The zero-order valence-corrected chi connectivity index (χ0v) is 13.8. The van der Waals surface area contributed by atoms with Gasteiger partial charge in [0.1, 0.15) is 0 Å². The van der Waals surface area contributed by atoms with Gasteiger partial charge in [0.05, 0.1) is 23.5 Å². The van der Waals surface area contributed by atoms with Gasteiger partial charge in [-0.1, -0.05) is 0 Å². The lowest BCUT2D eigenvalue weighted by atomic mass is 9.86. The van der Waals surface area contributed by atoms with Crippen LogP contribution in [0.5, 0.6) is 0 Å². The quantitative estimate of drug-likeness (QED) is 0.833. The van der Waals surface area contributed by atoms with Crippen LogP contribution >= 0.6 is 0 Å². The number of halogens is 3. The fourth-order valence-corrected chi connectivity index (χ4v) is 4.03. The molecule has 1 saturated carbocycles. The maximum Gasteiger partial charge on any atom is 0.416 e. The lowest BCUT2D eigenvalue weighted by Gasteiger charge is -2.27. The zero-order chi connectivity index (χ0) is 18.0. The molecule has 5 nitrogen and oxygen atoms in total. The molecule has 0 amide bonds. The molecule has 1 aliphatic rings. The molecular weight excluding hydrogens is 347 g/mol. The highest BCUT2D eigenvalue weighted by Crippen LogP contribution is 2.30. The van der Waals surface area contributed by atoms with Crippen LogP contribution in [-0.2, 0) is 25.7 Å². The van der Waals surface area contributed by atoms with E-state index in [0.717, 1.165) is 24.3 Å². The first kappa shape index (κ1) is 18.7. The van der Waals surface area contributed by atoms with Crippen molar-refractivity contribution in [2.75, 3.05) is 7.11 Å². The highest BCUT2D eigenvalue weighted by Gasteiger charge is 2.32. The summed E-state index contributed by atoms with van der Waals surface area (Å²) in [4.78, 5) is 11.2. The summed E-state index contributed by atoms with van der Waals surface area (Å²) >= 11 is 0. The van der Waals surface area contributed by atoms with E-state index in [1.54, 1.807) is 0 Å². The van der Waals surface area contributed by atoms with Crippen LogP contribution in [0.3, 0.4) is 0 Å². The van der Waals surface area contributed by atoms with Crippen LogP contribution in [0.25, 0.3) is 0 Å². The van der Waals surface area contributed by atoms with Crippen LogP contribution in [0.2, 0.25) is 0 Å². The van der Waals surface area contributed by atoms with Gasteiger partial charge in [-0.15, -0.1) is 0 Å². The number of hydrogen-bond acceptors (Lipinski definition) is 4. The minimum Gasteiger partial charge on any atom is -0.469 e. The fourth-order valence-electron chi connectivity index (χ4n) is 2.72. The molecule has 134 valence electrons. The second kappa shape index (κ2) is 7.10. The maximum atomic E-state index is 12.5. The van der Waals surface area contributed by atoms with Crippen LogP contribution in [0.4, 0.5) is 13.2 Å². The Kier molecular flexibility index (Phi) is 5.54. The van der Waals surface area contributed by atoms with E-state index < -0.39 is 21.8 Å². The standard InChI is InChI=1S/C15H18F3NO4S/c1-23-14(20)10-2-6-12(7-3-10)19-24(21,22)13-8-4-11(5-9-13)15(16,17)18/h4-5,8-10,12,19H,2-3,6-7H2,1H3. The van der Waals surface area contributed by atoms with E-state index >= 15 is 0 Å². The number of benzene rings is 1. The van der Waals surface area contributed by atoms with E-state index in [4.69, 9.17) is 0 Å². The van der Waals surface area contributed by atoms with Crippen molar-refractivity contribution in [3.8, 4) is 0 Å². The van der Waals surface area contributed by atoms with Gasteiger partial charge >= 0.3 is 12.1 Å². The van der Waals surface area contributed by atoms with Crippen molar-refractivity contribution in [1.82, 2.24) is 4.72 Å². The van der Waals surface area contributed by atoms with E-state index in [0.29, 0.717) is 25.7 Å². The molecule has 0 atom stereocenters. The lowest BCUT2D eigenvalue weighted by molar-refractivity contribution is -0.146. The van der Waals surface area contributed by atoms with Gasteiger partial charge in [0.25, 0.3) is 0 Å². The van der Waals surface area contributed by atoms with E-state index in [2.05, 4.69) is 9.46 Å². The summed E-state index contributed by atoms with van der Waals surface area (Å²) in [5.41, 5.74) is -0.903. The molecule has 0 aromatic heterocycles. The minimum absolute atomic E-state index is 0.217. The summed E-state index contributed by atoms with van der Waals surface area (Å²) in [6.07, 6.45) is -2.55. The van der Waals surface area contributed by atoms with Crippen molar-refractivity contribution >= 4 is 16.0 Å². The SMILES string of the molecule is COC(=O)C1CCC(NS(=O)(=O)c2ccc(C(F)(F)F)cc2)CC1. The molecule has 24 heavy (non-hydrogen) atoms. The molecule has 0 spiro atoms. The van der Waals surface area contributed by atoms with Crippen molar-refractivity contribution in [2.45, 2.75) is 42.8 Å². The Morgan fingerprint density at radius 3 is 2.12 bits per heavy atom. The van der Waals surface area contributed by atoms with Gasteiger partial charge in [-0.05, 0) is 49.9 Å². The van der Waals surface area contributed by atoms with Gasteiger partial charge < -0.3 is 4.74 Å². The molecule has 1 fully saturated rings. The van der Waals surface area contributed by atoms with Crippen LogP contribution in [0.1, 0.15) is 31.2 Å². The number of methoxy groups -OCH3 is 1. The van der Waals surface area contributed by atoms with Crippen LogP contribution in [0.15, 0.2) is 29.2 Å². The normalized spacial score (nSPS) is 22.2. The number of nitrogens with one attached hydrogen (secondary N) is 1. The van der Waals surface area contributed by atoms with E-state index in [-0.39, 0.29) is 22.8 Å². The topological polar surface area (TPSA) is 72.5 Å². The Labute approximate surface area is 138 Å². The third-order valence-electron chi connectivity index (χ3n) is 4.08. The summed E-state index contributed by atoms with van der Waals surface area (Å²) in [5.74, 6) is -0.541. The molecule has 1 N–H and O–H groups in total. The maximum absolute atomic E-state index is 12.5. The first-order valence-electron chi connectivity index (χ1n) is 7.41. The highest BCUT2D eigenvalue weighted by molar-refractivity contribution is 7.89. The Bertz CT molecular complexity index is 678. The third-order valence-corrected chi connectivity index (χ3v) is 5.61. The number of carbonyl (C=O) groups is 1. The van der Waals surface area contributed by atoms with Crippen LogP contribution in [0, 0.1) is 5.92 Å². The molecule has 0 saturated heterocycles. The fraction of sp³-hybridized carbons (Fsp3) is 0.533. The Hall–Kier alpha value is -1.61. The predicted molar refractivity (Wildman–Crippen MR) is 79.5 cm³/mol. The third kappa shape index (κ3) is 4.47. The number of esters is 1. The monoisotopic (exact) mass is 365 g/mol. The number of carbonyl (C=O) groups excluding carboxylic acids is 1. The molecule has 1 aliphatic carbocycles. The Morgan fingerprint density at radius 1 is 1.12 bits per heavy atom. The van der Waals surface area contributed by atoms with E-state index in [9.17, 15) is 26.4 Å². The number of ether oxygens (including phenoxy) is 1. The van der Waals surface area contributed by atoms with Gasteiger partial charge in [-0.2, -0.15) is 13.2 Å². The molecule has 0 heterocycles. The van der Waals surface area contributed by atoms with Crippen molar-refractivity contribution in [1.29, 1.82) is 0 Å². The van der Waals surface area contributed by atoms with Gasteiger partial charge in [0.15, 0.2) is 0 Å². The van der Waals surface area contributed by atoms with Gasteiger partial charge in [-0.3, -0.25) is 4.79 Å². The minimum atomic E-state index is -4.51. The van der Waals surface area contributed by atoms with Crippen molar-refractivity contribution in [2.24, 2.45) is 5.92 Å². The van der Waals surface area contributed by atoms with Crippen LogP contribution < -0.4 is 4.72 Å². The van der Waals surface area contributed by atoms with Crippen molar-refractivity contribution in [3.05, 3.63) is 29.8 Å². The average Bonchev–Trinajstić information content (AvgIpc) is 2.54. The number of alkyl halides is 3. The van der Waals surface area contributed by atoms with E-state index in [1.165, 1.54) is 7.11 Å². The van der Waals surface area contributed by atoms with E-state index in [1.807, 2.05) is 0 Å². The summed E-state index contributed by atoms with van der Waals surface area (Å²) in [6.45, 7) is 0. The first-order valence-corrected chi connectivity index (χ1v) is 8.89. The zero-order valence-electron chi connectivity index (χ0n) is 13.0. The summed E-state index contributed by atoms with van der Waals surface area (Å²) < 4.78 is 69.2. The van der Waals surface area contributed by atoms with Crippen molar-refractivity contribution < 1.29 is 31.1 Å². The van der Waals surface area contributed by atoms with Gasteiger partial charge in [-0.25, -0.2) is 13.1 Å². The lowest BCUT2D eigenvalue weighted by Crippen LogP contribution is -2.38. The number of sulfonamides is 1. The molecule has 0 bridgehead atoms. The molecule has 9 heteroatoms. The first-order chi connectivity index (χ1) is 11.1. The largest absolute Gasteiger partial charge is 0.469 e. The molecule has 2 rings (SSSR count). The molecule has 0 aliphatic heterocycles. The molecule has 0 radical (unpaired) electrons. The molecule has 1 aromatic rings. The summed E-state index contributed by atoms with van der Waals surface area (Å²) in [7, 11) is -2.59. The second-order valence-corrected chi connectivity index (χ2v) is 7.43. The molecular formula is C15H18F3NO4S. The van der Waals surface area contributed by atoms with Gasteiger partial charge in [0.2, 0.25) is 10.0 Å². The smallest absolute Gasteiger partial charge is 0.416 e.